The van der Waals surface area contributed by atoms with E-state index in [1.165, 1.54) is 0 Å². The molecule has 0 saturated carbocycles. The Kier molecular flexibility index (Phi) is 4.46. The van der Waals surface area contributed by atoms with Crippen LogP contribution < -0.4 is 5.32 Å². The third-order valence-electron chi connectivity index (χ3n) is 1.10. The molecule has 2 heteroatoms. The molecule has 0 rings (SSSR count). The summed E-state index contributed by atoms with van der Waals surface area (Å²) in [6.07, 6.45) is 1.86. The second-order valence-electron chi connectivity index (χ2n) is 2.01. The highest BCUT2D eigenvalue weighted by molar-refractivity contribution is 5.14. The van der Waals surface area contributed by atoms with E-state index in [1.54, 1.807) is 7.11 Å². The van der Waals surface area contributed by atoms with Gasteiger partial charge in [0.1, 0.15) is 0 Å². The molecule has 0 aliphatic carbocycles. The summed E-state index contributed by atoms with van der Waals surface area (Å²) in [4.78, 5) is 0. The van der Waals surface area contributed by atoms with Crippen LogP contribution >= 0.6 is 0 Å². The van der Waals surface area contributed by atoms with Gasteiger partial charge in [-0.05, 0) is 19.9 Å². The number of hydrogen-bond donors (Lipinski definition) is 1. The second kappa shape index (κ2) is 4.91. The zero-order chi connectivity index (χ0) is 7.98. The standard InChI is InChI=1S/C8H15NO/c1-5-9-7(2)6-8(3)10-4/h6,9H,2,5H2,1,3-4H3/b8-6+. The third-order valence-corrected chi connectivity index (χ3v) is 1.10. The predicted molar refractivity (Wildman–Crippen MR) is 43.6 cm³/mol. The molecule has 0 aliphatic heterocycles. The van der Waals surface area contributed by atoms with E-state index in [0.717, 1.165) is 18.0 Å². The molecule has 0 aromatic rings. The molecule has 0 amide bonds. The van der Waals surface area contributed by atoms with Gasteiger partial charge < -0.3 is 10.1 Å². The first-order valence-corrected chi connectivity index (χ1v) is 3.35. The Morgan fingerprint density at radius 1 is 1.70 bits per heavy atom. The van der Waals surface area contributed by atoms with E-state index in [0.29, 0.717) is 0 Å². The Balaban J connectivity index is 3.75. The molecule has 0 saturated heterocycles. The molecule has 0 atom stereocenters. The molecular formula is C8H15NO. The fourth-order valence-electron chi connectivity index (χ4n) is 0.582. The first-order valence-electron chi connectivity index (χ1n) is 3.35. The minimum Gasteiger partial charge on any atom is -0.501 e. The molecule has 0 radical (unpaired) electrons. The van der Waals surface area contributed by atoms with E-state index >= 15 is 0 Å². The summed E-state index contributed by atoms with van der Waals surface area (Å²) < 4.78 is 4.93. The molecule has 0 fully saturated rings. The normalized spacial score (nSPS) is 10.9. The van der Waals surface area contributed by atoms with E-state index in [1.807, 2.05) is 19.9 Å². The molecule has 58 valence electrons. The van der Waals surface area contributed by atoms with Crippen LogP contribution in [0.2, 0.25) is 0 Å². The van der Waals surface area contributed by atoms with Crippen LogP contribution in [0.15, 0.2) is 24.1 Å². The van der Waals surface area contributed by atoms with Gasteiger partial charge in [0, 0.05) is 12.2 Å². The highest BCUT2D eigenvalue weighted by Crippen LogP contribution is 1.96. The monoisotopic (exact) mass is 141 g/mol. The molecule has 0 bridgehead atoms. The van der Waals surface area contributed by atoms with Crippen molar-refractivity contribution in [3.8, 4) is 0 Å². The molecule has 0 aromatic heterocycles. The number of rotatable bonds is 4. The summed E-state index contributed by atoms with van der Waals surface area (Å²) in [6.45, 7) is 8.58. The van der Waals surface area contributed by atoms with E-state index in [-0.39, 0.29) is 0 Å². The van der Waals surface area contributed by atoms with Crippen molar-refractivity contribution in [1.82, 2.24) is 5.32 Å². The van der Waals surface area contributed by atoms with Gasteiger partial charge in [-0.3, -0.25) is 0 Å². The first kappa shape index (κ1) is 9.08. The molecule has 0 aliphatic rings. The van der Waals surface area contributed by atoms with Crippen LogP contribution in [0.4, 0.5) is 0 Å². The van der Waals surface area contributed by atoms with Crippen molar-refractivity contribution in [3.05, 3.63) is 24.1 Å². The highest BCUT2D eigenvalue weighted by atomic mass is 16.5. The summed E-state index contributed by atoms with van der Waals surface area (Å²) in [7, 11) is 1.64. The minimum absolute atomic E-state index is 0.867. The van der Waals surface area contributed by atoms with Gasteiger partial charge >= 0.3 is 0 Å². The van der Waals surface area contributed by atoms with Crippen molar-refractivity contribution in [2.75, 3.05) is 13.7 Å². The average molecular weight is 141 g/mol. The molecule has 0 heterocycles. The summed E-state index contributed by atoms with van der Waals surface area (Å²) in [6, 6.07) is 0. The summed E-state index contributed by atoms with van der Waals surface area (Å²) >= 11 is 0. The number of methoxy groups -OCH3 is 1. The van der Waals surface area contributed by atoms with Crippen LogP contribution in [0.25, 0.3) is 0 Å². The number of hydrogen-bond acceptors (Lipinski definition) is 2. The van der Waals surface area contributed by atoms with Crippen molar-refractivity contribution in [3.63, 3.8) is 0 Å². The number of ether oxygens (including phenoxy) is 1. The molecular weight excluding hydrogens is 126 g/mol. The van der Waals surface area contributed by atoms with Crippen molar-refractivity contribution in [2.24, 2.45) is 0 Å². The lowest BCUT2D eigenvalue weighted by molar-refractivity contribution is 0.293. The van der Waals surface area contributed by atoms with Gasteiger partial charge in [0.15, 0.2) is 0 Å². The lowest BCUT2D eigenvalue weighted by Gasteiger charge is -2.02. The zero-order valence-electron chi connectivity index (χ0n) is 6.90. The van der Waals surface area contributed by atoms with Crippen LogP contribution in [0, 0.1) is 0 Å². The zero-order valence-corrected chi connectivity index (χ0v) is 6.90. The van der Waals surface area contributed by atoms with Crippen molar-refractivity contribution in [2.45, 2.75) is 13.8 Å². The largest absolute Gasteiger partial charge is 0.501 e. The van der Waals surface area contributed by atoms with Crippen LogP contribution in [0.3, 0.4) is 0 Å². The van der Waals surface area contributed by atoms with E-state index < -0.39 is 0 Å². The maximum atomic E-state index is 4.93. The second-order valence-corrected chi connectivity index (χ2v) is 2.01. The lowest BCUT2D eigenvalue weighted by Crippen LogP contribution is -2.09. The van der Waals surface area contributed by atoms with E-state index in [9.17, 15) is 0 Å². The van der Waals surface area contributed by atoms with Gasteiger partial charge in [0.2, 0.25) is 0 Å². The topological polar surface area (TPSA) is 21.3 Å². The predicted octanol–water partition coefficient (Wildman–Crippen LogP) is 1.66. The maximum Gasteiger partial charge on any atom is 0.0944 e. The van der Waals surface area contributed by atoms with Crippen molar-refractivity contribution < 1.29 is 4.74 Å². The first-order chi connectivity index (χ1) is 4.70. The van der Waals surface area contributed by atoms with Crippen LogP contribution in [-0.4, -0.2) is 13.7 Å². The number of allylic oxidation sites excluding steroid dienone is 2. The Bertz CT molecular complexity index is 138. The van der Waals surface area contributed by atoms with E-state index in [2.05, 4.69) is 11.9 Å². The summed E-state index contributed by atoms with van der Waals surface area (Å²) in [5.74, 6) is 0.867. The number of nitrogens with one attached hydrogen (secondary N) is 1. The fourth-order valence-corrected chi connectivity index (χ4v) is 0.582. The number of likely N-dealkylation sites (N-methyl/N-ethyl adjacent to an activating group) is 1. The van der Waals surface area contributed by atoms with E-state index in [4.69, 9.17) is 4.74 Å². The molecule has 1 N–H and O–H groups in total. The SMILES string of the molecule is C=C(/C=C(\C)OC)NCC. The Morgan fingerprint density at radius 2 is 2.30 bits per heavy atom. The van der Waals surface area contributed by atoms with Crippen molar-refractivity contribution >= 4 is 0 Å². The van der Waals surface area contributed by atoms with Gasteiger partial charge in [-0.15, -0.1) is 0 Å². The molecule has 0 unspecified atom stereocenters. The molecule has 2 nitrogen and oxygen atoms in total. The van der Waals surface area contributed by atoms with Crippen molar-refractivity contribution in [1.29, 1.82) is 0 Å². The van der Waals surface area contributed by atoms with Gasteiger partial charge in [0.25, 0.3) is 0 Å². The quantitative estimate of drug-likeness (QED) is 0.475. The van der Waals surface area contributed by atoms with Gasteiger partial charge in [-0.2, -0.15) is 0 Å². The Hall–Kier alpha value is -0.920. The fraction of sp³-hybridized carbons (Fsp3) is 0.500. The van der Waals surface area contributed by atoms with Gasteiger partial charge in [-0.1, -0.05) is 6.58 Å². The highest BCUT2D eigenvalue weighted by Gasteiger charge is 1.86. The summed E-state index contributed by atoms with van der Waals surface area (Å²) in [5.41, 5.74) is 0.891. The maximum absolute atomic E-state index is 4.93. The Morgan fingerprint density at radius 3 is 2.70 bits per heavy atom. The molecule has 10 heavy (non-hydrogen) atoms. The minimum atomic E-state index is 0.867. The molecule has 0 aromatic carbocycles. The Labute approximate surface area is 62.6 Å². The van der Waals surface area contributed by atoms with Crippen LogP contribution in [0.5, 0.6) is 0 Å². The third kappa shape index (κ3) is 4.01. The average Bonchev–Trinajstić information content (AvgIpc) is 1.88. The van der Waals surface area contributed by atoms with Crippen LogP contribution in [-0.2, 0) is 4.74 Å². The van der Waals surface area contributed by atoms with Gasteiger partial charge in [-0.25, -0.2) is 0 Å². The molecule has 0 spiro atoms. The van der Waals surface area contributed by atoms with Crippen LogP contribution in [0.1, 0.15) is 13.8 Å². The lowest BCUT2D eigenvalue weighted by atomic mass is 10.4. The van der Waals surface area contributed by atoms with Gasteiger partial charge in [0.05, 0.1) is 12.9 Å². The smallest absolute Gasteiger partial charge is 0.0944 e. The summed E-state index contributed by atoms with van der Waals surface area (Å²) in [5, 5.41) is 3.06.